The van der Waals surface area contributed by atoms with E-state index in [2.05, 4.69) is 15.3 Å². The van der Waals surface area contributed by atoms with E-state index < -0.39 is 17.9 Å². The number of hydrogen-bond donors (Lipinski definition) is 3. The van der Waals surface area contributed by atoms with Crippen molar-refractivity contribution in [2.45, 2.75) is 12.5 Å². The molecule has 2 aromatic heterocycles. The first-order valence-electron chi connectivity index (χ1n) is 7.21. The predicted molar refractivity (Wildman–Crippen MR) is 91.7 cm³/mol. The van der Waals surface area contributed by atoms with Crippen molar-refractivity contribution in [3.63, 3.8) is 0 Å². The molecule has 0 fully saturated rings. The van der Waals surface area contributed by atoms with Crippen molar-refractivity contribution in [2.24, 2.45) is 5.73 Å². The maximum absolute atomic E-state index is 13.2. The molecule has 0 bridgehead atoms. The third-order valence-electron chi connectivity index (χ3n) is 3.54. The zero-order valence-electron chi connectivity index (χ0n) is 12.8. The number of halogens is 1. The summed E-state index contributed by atoms with van der Waals surface area (Å²) in [6.45, 7) is 0. The first kappa shape index (κ1) is 16.8. The number of carbonyl (C=O) groups excluding carboxylic acids is 1. The summed E-state index contributed by atoms with van der Waals surface area (Å²) in [7, 11) is 0. The van der Waals surface area contributed by atoms with Crippen molar-refractivity contribution < 1.29 is 19.1 Å². The van der Waals surface area contributed by atoms with E-state index in [1.54, 1.807) is 12.1 Å². The predicted octanol–water partition coefficient (Wildman–Crippen LogP) is 2.24. The molecule has 0 radical (unpaired) electrons. The average molecular weight is 360 g/mol. The lowest BCUT2D eigenvalue weighted by Gasteiger charge is -2.14. The van der Waals surface area contributed by atoms with E-state index in [0.29, 0.717) is 10.2 Å². The van der Waals surface area contributed by atoms with Crippen LogP contribution in [0, 0.1) is 5.82 Å². The number of anilines is 1. The largest absolute Gasteiger partial charge is 0.480 e. The second-order valence-electron chi connectivity index (χ2n) is 5.26. The van der Waals surface area contributed by atoms with Crippen LogP contribution in [0.1, 0.15) is 6.42 Å². The van der Waals surface area contributed by atoms with Gasteiger partial charge in [0.1, 0.15) is 28.8 Å². The second kappa shape index (κ2) is 6.81. The Labute approximate surface area is 145 Å². The molecule has 0 saturated heterocycles. The summed E-state index contributed by atoms with van der Waals surface area (Å²) in [4.78, 5) is 31.4. The SMILES string of the molecule is NC(=O)CC(Nc1ncnc2scc(-c3ccc(F)cc3)c12)C(=O)O. The third kappa shape index (κ3) is 3.56. The van der Waals surface area contributed by atoms with Gasteiger partial charge in [-0.15, -0.1) is 11.3 Å². The second-order valence-corrected chi connectivity index (χ2v) is 6.12. The third-order valence-corrected chi connectivity index (χ3v) is 4.43. The summed E-state index contributed by atoms with van der Waals surface area (Å²) in [5.74, 6) is -2.04. The number of aromatic nitrogens is 2. The molecule has 0 aliphatic heterocycles. The highest BCUT2D eigenvalue weighted by Gasteiger charge is 2.22. The Balaban J connectivity index is 2.06. The molecule has 1 amide bonds. The topological polar surface area (TPSA) is 118 Å². The van der Waals surface area contributed by atoms with E-state index in [4.69, 9.17) is 5.73 Å². The maximum Gasteiger partial charge on any atom is 0.326 e. The number of aliphatic carboxylic acids is 1. The molecule has 3 rings (SSSR count). The number of benzene rings is 1. The number of thiophene rings is 1. The van der Waals surface area contributed by atoms with Crippen LogP contribution >= 0.6 is 11.3 Å². The zero-order valence-corrected chi connectivity index (χ0v) is 13.6. The number of rotatable bonds is 6. The lowest BCUT2D eigenvalue weighted by atomic mass is 10.1. The van der Waals surface area contributed by atoms with Gasteiger partial charge in [-0.25, -0.2) is 19.2 Å². The van der Waals surface area contributed by atoms with Gasteiger partial charge >= 0.3 is 5.97 Å². The molecule has 0 spiro atoms. The van der Waals surface area contributed by atoms with Crippen LogP contribution in [0.15, 0.2) is 36.0 Å². The number of primary amides is 1. The van der Waals surface area contributed by atoms with Crippen molar-refractivity contribution in [3.05, 3.63) is 41.8 Å². The van der Waals surface area contributed by atoms with Crippen LogP contribution < -0.4 is 11.1 Å². The monoisotopic (exact) mass is 360 g/mol. The van der Waals surface area contributed by atoms with Gasteiger partial charge < -0.3 is 16.2 Å². The fourth-order valence-corrected chi connectivity index (χ4v) is 3.31. The molecule has 25 heavy (non-hydrogen) atoms. The van der Waals surface area contributed by atoms with Crippen LogP contribution in [0.2, 0.25) is 0 Å². The summed E-state index contributed by atoms with van der Waals surface area (Å²) in [6.07, 6.45) is 0.926. The molecular formula is C16H13FN4O3S. The summed E-state index contributed by atoms with van der Waals surface area (Å²) in [5.41, 5.74) is 6.59. The van der Waals surface area contributed by atoms with Crippen molar-refractivity contribution in [1.29, 1.82) is 0 Å². The van der Waals surface area contributed by atoms with E-state index in [0.717, 1.165) is 11.1 Å². The molecule has 9 heteroatoms. The van der Waals surface area contributed by atoms with Crippen molar-refractivity contribution in [3.8, 4) is 11.1 Å². The van der Waals surface area contributed by atoms with Crippen LogP contribution in [-0.4, -0.2) is 33.0 Å². The molecule has 128 valence electrons. The number of carbonyl (C=O) groups is 2. The van der Waals surface area contributed by atoms with Gasteiger partial charge in [-0.05, 0) is 17.7 Å². The standard InChI is InChI=1S/C16H13FN4O3S/c17-9-3-1-8(2-4-9)10-6-25-15-13(10)14(19-7-20-15)21-11(16(23)24)5-12(18)22/h1-4,6-7,11H,5H2,(H2,18,22)(H,23,24)(H,19,20,21). The molecule has 0 saturated carbocycles. The van der Waals surface area contributed by atoms with Gasteiger partial charge in [0, 0.05) is 10.9 Å². The number of nitrogens with two attached hydrogens (primary N) is 1. The van der Waals surface area contributed by atoms with Gasteiger partial charge in [0.2, 0.25) is 5.91 Å². The zero-order chi connectivity index (χ0) is 18.0. The summed E-state index contributed by atoms with van der Waals surface area (Å²) < 4.78 is 13.2. The molecule has 1 aromatic carbocycles. The fourth-order valence-electron chi connectivity index (χ4n) is 2.39. The smallest absolute Gasteiger partial charge is 0.326 e. The summed E-state index contributed by atoms with van der Waals surface area (Å²) in [6, 6.07) is 4.69. The Morgan fingerprint density at radius 1 is 1.28 bits per heavy atom. The van der Waals surface area contributed by atoms with Crippen molar-refractivity contribution in [1.82, 2.24) is 9.97 Å². The molecule has 1 unspecified atom stereocenters. The number of hydrogen-bond acceptors (Lipinski definition) is 6. The quantitative estimate of drug-likeness (QED) is 0.620. The minimum absolute atomic E-state index is 0.277. The summed E-state index contributed by atoms with van der Waals surface area (Å²) >= 11 is 1.35. The van der Waals surface area contributed by atoms with Crippen LogP contribution in [-0.2, 0) is 9.59 Å². The molecule has 1 atom stereocenters. The number of carboxylic acids is 1. The van der Waals surface area contributed by atoms with Gasteiger partial charge in [0.05, 0.1) is 11.8 Å². The first-order valence-corrected chi connectivity index (χ1v) is 8.09. The Bertz CT molecular complexity index is 942. The van der Waals surface area contributed by atoms with Gasteiger partial charge in [-0.1, -0.05) is 12.1 Å². The lowest BCUT2D eigenvalue weighted by Crippen LogP contribution is -2.34. The minimum atomic E-state index is -1.22. The first-order chi connectivity index (χ1) is 12.0. The van der Waals surface area contributed by atoms with Gasteiger partial charge in [0.25, 0.3) is 0 Å². The number of amides is 1. The Morgan fingerprint density at radius 3 is 2.64 bits per heavy atom. The van der Waals surface area contributed by atoms with E-state index in [1.165, 1.54) is 29.8 Å². The molecule has 7 nitrogen and oxygen atoms in total. The van der Waals surface area contributed by atoms with E-state index in [9.17, 15) is 19.1 Å². The van der Waals surface area contributed by atoms with Crippen LogP contribution in [0.25, 0.3) is 21.3 Å². The molecular weight excluding hydrogens is 347 g/mol. The number of carboxylic acid groups (broad SMARTS) is 1. The van der Waals surface area contributed by atoms with Crippen molar-refractivity contribution in [2.75, 3.05) is 5.32 Å². The Kier molecular flexibility index (Phi) is 4.57. The highest BCUT2D eigenvalue weighted by atomic mass is 32.1. The van der Waals surface area contributed by atoms with E-state index >= 15 is 0 Å². The van der Waals surface area contributed by atoms with Crippen LogP contribution in [0.5, 0.6) is 0 Å². The summed E-state index contributed by atoms with van der Waals surface area (Å²) in [5, 5.41) is 14.5. The molecule has 2 heterocycles. The Morgan fingerprint density at radius 2 is 2.00 bits per heavy atom. The minimum Gasteiger partial charge on any atom is -0.480 e. The molecule has 0 aliphatic carbocycles. The number of fused-ring (bicyclic) bond motifs is 1. The van der Waals surface area contributed by atoms with Gasteiger partial charge in [-0.2, -0.15) is 0 Å². The van der Waals surface area contributed by atoms with E-state index in [-0.39, 0.29) is 18.1 Å². The van der Waals surface area contributed by atoms with Crippen molar-refractivity contribution >= 4 is 39.2 Å². The normalized spacial score (nSPS) is 12.0. The highest BCUT2D eigenvalue weighted by Crippen LogP contribution is 2.36. The number of nitrogens with zero attached hydrogens (tertiary/aromatic N) is 2. The van der Waals surface area contributed by atoms with Crippen LogP contribution in [0.3, 0.4) is 0 Å². The van der Waals surface area contributed by atoms with E-state index in [1.807, 2.05) is 5.38 Å². The maximum atomic E-state index is 13.2. The molecule has 0 aliphatic rings. The highest BCUT2D eigenvalue weighted by molar-refractivity contribution is 7.17. The fraction of sp³-hybridized carbons (Fsp3) is 0.125. The lowest BCUT2D eigenvalue weighted by molar-refractivity contribution is -0.139. The molecule has 4 N–H and O–H groups in total. The Hall–Kier alpha value is -3.07. The average Bonchev–Trinajstić information content (AvgIpc) is 2.99. The van der Waals surface area contributed by atoms with Gasteiger partial charge in [-0.3, -0.25) is 4.79 Å². The van der Waals surface area contributed by atoms with Crippen LogP contribution in [0.4, 0.5) is 10.2 Å². The number of nitrogens with one attached hydrogen (secondary N) is 1. The van der Waals surface area contributed by atoms with Gasteiger partial charge in [0.15, 0.2) is 0 Å². The molecule has 3 aromatic rings.